The highest BCUT2D eigenvalue weighted by Crippen LogP contribution is 2.30. The van der Waals surface area contributed by atoms with E-state index in [2.05, 4.69) is 5.32 Å². The topological polar surface area (TPSA) is 75.7 Å². The molecule has 3 rings (SSSR count). The van der Waals surface area contributed by atoms with E-state index >= 15 is 0 Å². The van der Waals surface area contributed by atoms with Crippen molar-refractivity contribution in [3.63, 3.8) is 0 Å². The fourth-order valence-corrected chi connectivity index (χ4v) is 4.89. The molecule has 0 aromatic heterocycles. The minimum atomic E-state index is -3.68. The Labute approximate surface area is 176 Å². The lowest BCUT2D eigenvalue weighted by atomic mass is 10.0. The second-order valence-corrected chi connectivity index (χ2v) is 9.46. The van der Waals surface area contributed by atoms with E-state index in [9.17, 15) is 13.2 Å². The van der Waals surface area contributed by atoms with Gasteiger partial charge < -0.3 is 10.1 Å². The smallest absolute Gasteiger partial charge is 0.258 e. The number of ether oxygens (including phenoxy) is 1. The predicted molar refractivity (Wildman–Crippen MR) is 113 cm³/mol. The number of carbonyl (C=O) groups is 1. The molecule has 1 heterocycles. The van der Waals surface area contributed by atoms with Crippen LogP contribution >= 0.6 is 11.6 Å². The van der Waals surface area contributed by atoms with Crippen LogP contribution in [0, 0.1) is 0 Å². The van der Waals surface area contributed by atoms with Crippen molar-refractivity contribution in [3.8, 4) is 5.75 Å². The van der Waals surface area contributed by atoms with Crippen molar-refractivity contribution in [1.29, 1.82) is 0 Å². The maximum Gasteiger partial charge on any atom is 0.258 e. The van der Waals surface area contributed by atoms with Crippen LogP contribution in [0.4, 0.5) is 0 Å². The molecule has 2 aromatic rings. The van der Waals surface area contributed by atoms with Gasteiger partial charge in [0.15, 0.2) is 6.61 Å². The van der Waals surface area contributed by atoms with Crippen molar-refractivity contribution >= 4 is 27.5 Å². The average Bonchev–Trinajstić information content (AvgIpc) is 2.72. The average molecular weight is 437 g/mol. The summed E-state index contributed by atoms with van der Waals surface area (Å²) >= 11 is 6.23. The van der Waals surface area contributed by atoms with E-state index in [1.54, 1.807) is 0 Å². The van der Waals surface area contributed by atoms with Gasteiger partial charge in [-0.05, 0) is 49.1 Å². The number of rotatable bonds is 7. The molecule has 2 aromatic carbocycles. The van der Waals surface area contributed by atoms with E-state index < -0.39 is 10.0 Å². The first kappa shape index (κ1) is 21.6. The lowest BCUT2D eigenvalue weighted by molar-refractivity contribution is -0.123. The molecule has 0 aliphatic carbocycles. The molecule has 1 aliphatic heterocycles. The molecule has 0 saturated heterocycles. The fourth-order valence-electron chi connectivity index (χ4n) is 3.14. The Bertz CT molecular complexity index is 994. The van der Waals surface area contributed by atoms with Crippen LogP contribution in [-0.4, -0.2) is 37.8 Å². The van der Waals surface area contributed by atoms with Crippen LogP contribution in [0.25, 0.3) is 0 Å². The first-order valence-corrected chi connectivity index (χ1v) is 11.4. The molecule has 6 nitrogen and oxygen atoms in total. The Balaban J connectivity index is 1.70. The fraction of sp³-hybridized carbons (Fsp3) is 0.381. The van der Waals surface area contributed by atoms with Crippen molar-refractivity contribution in [3.05, 3.63) is 58.6 Å². The summed E-state index contributed by atoms with van der Waals surface area (Å²) in [6.07, 6.45) is 1.50. The van der Waals surface area contributed by atoms with Gasteiger partial charge >= 0.3 is 0 Å². The Kier molecular flexibility index (Phi) is 6.82. The molecule has 0 unspecified atom stereocenters. The number of hydrogen-bond acceptors (Lipinski definition) is 4. The van der Waals surface area contributed by atoms with Gasteiger partial charge in [0, 0.05) is 19.1 Å². The third-order valence-corrected chi connectivity index (χ3v) is 7.15. The number of halogens is 1. The summed E-state index contributed by atoms with van der Waals surface area (Å²) in [6.45, 7) is 4.46. The molecule has 0 fully saturated rings. The second kappa shape index (κ2) is 9.15. The summed E-state index contributed by atoms with van der Waals surface area (Å²) in [5.74, 6) is 0.0213. The number of nitrogens with zero attached hydrogens (tertiary/aromatic N) is 1. The minimum absolute atomic E-state index is 0.0590. The number of carbonyl (C=O) groups excluding carboxylic acids is 1. The molecule has 1 amide bonds. The van der Waals surface area contributed by atoms with Crippen LogP contribution in [0.5, 0.6) is 5.75 Å². The summed E-state index contributed by atoms with van der Waals surface area (Å²) in [5, 5.41) is 2.95. The first-order valence-electron chi connectivity index (χ1n) is 9.60. The molecule has 0 spiro atoms. The summed E-state index contributed by atoms with van der Waals surface area (Å²) in [7, 11) is -3.68. The predicted octanol–water partition coefficient (Wildman–Crippen LogP) is 3.38. The Morgan fingerprint density at radius 1 is 1.24 bits per heavy atom. The third kappa shape index (κ3) is 5.10. The van der Waals surface area contributed by atoms with Crippen LogP contribution in [-0.2, 0) is 27.8 Å². The highest BCUT2D eigenvalue weighted by atomic mass is 35.5. The van der Waals surface area contributed by atoms with E-state index in [1.807, 2.05) is 38.1 Å². The van der Waals surface area contributed by atoms with Gasteiger partial charge in [0.2, 0.25) is 10.0 Å². The van der Waals surface area contributed by atoms with E-state index in [0.29, 0.717) is 19.5 Å². The SMILES string of the molecule is CC[C@@H](C)NC(=O)COc1ccc(S(=O)(=O)N2CCc3ccccc3C2)cc1Cl. The van der Waals surface area contributed by atoms with E-state index in [1.165, 1.54) is 28.1 Å². The van der Waals surface area contributed by atoms with E-state index in [4.69, 9.17) is 16.3 Å². The zero-order valence-corrected chi connectivity index (χ0v) is 18.1. The summed E-state index contributed by atoms with van der Waals surface area (Å²) in [5.41, 5.74) is 2.19. The van der Waals surface area contributed by atoms with Crippen LogP contribution in [0.15, 0.2) is 47.4 Å². The van der Waals surface area contributed by atoms with Gasteiger partial charge in [-0.2, -0.15) is 4.31 Å². The Morgan fingerprint density at radius 2 is 1.97 bits per heavy atom. The van der Waals surface area contributed by atoms with Crippen molar-refractivity contribution in [2.24, 2.45) is 0 Å². The van der Waals surface area contributed by atoms with Crippen molar-refractivity contribution < 1.29 is 17.9 Å². The molecule has 0 saturated carbocycles. The zero-order chi connectivity index (χ0) is 21.0. The van der Waals surface area contributed by atoms with Gasteiger partial charge in [-0.15, -0.1) is 0 Å². The second-order valence-electron chi connectivity index (χ2n) is 7.12. The highest BCUT2D eigenvalue weighted by Gasteiger charge is 2.28. The standard InChI is InChI=1S/C21H25ClN2O4S/c1-3-15(2)23-21(25)14-28-20-9-8-18(12-19(20)22)29(26,27)24-11-10-16-6-4-5-7-17(16)13-24/h4-9,12,15H,3,10-11,13-14H2,1-2H3,(H,23,25)/t15-/m1/s1. The summed E-state index contributed by atoms with van der Waals surface area (Å²) in [4.78, 5) is 12.0. The molecule has 1 aliphatic rings. The van der Waals surface area contributed by atoms with E-state index in [-0.39, 0.29) is 34.2 Å². The summed E-state index contributed by atoms with van der Waals surface area (Å²) < 4.78 is 33.0. The molecule has 1 atom stereocenters. The molecular weight excluding hydrogens is 412 g/mol. The maximum atomic E-state index is 13.0. The van der Waals surface area contributed by atoms with Crippen molar-refractivity contribution in [2.45, 2.75) is 44.2 Å². The summed E-state index contributed by atoms with van der Waals surface area (Å²) in [6, 6.07) is 12.2. The van der Waals surface area contributed by atoms with Gasteiger partial charge in [0.05, 0.1) is 9.92 Å². The maximum absolute atomic E-state index is 13.0. The van der Waals surface area contributed by atoms with Crippen molar-refractivity contribution in [1.82, 2.24) is 9.62 Å². The normalized spacial score (nSPS) is 15.4. The first-order chi connectivity index (χ1) is 13.8. The van der Waals surface area contributed by atoms with Crippen LogP contribution in [0.2, 0.25) is 5.02 Å². The highest BCUT2D eigenvalue weighted by molar-refractivity contribution is 7.89. The number of amides is 1. The number of sulfonamides is 1. The lowest BCUT2D eigenvalue weighted by Gasteiger charge is -2.28. The van der Waals surface area contributed by atoms with Gasteiger partial charge in [-0.25, -0.2) is 8.42 Å². The molecule has 8 heteroatoms. The number of hydrogen-bond donors (Lipinski definition) is 1. The molecule has 0 bridgehead atoms. The van der Waals surface area contributed by atoms with Gasteiger partial charge in [-0.1, -0.05) is 42.8 Å². The van der Waals surface area contributed by atoms with E-state index in [0.717, 1.165) is 12.0 Å². The molecular formula is C21H25ClN2O4S. The van der Waals surface area contributed by atoms with Gasteiger partial charge in [-0.3, -0.25) is 4.79 Å². The Morgan fingerprint density at radius 3 is 2.66 bits per heavy atom. The number of fused-ring (bicyclic) bond motifs is 1. The quantitative estimate of drug-likeness (QED) is 0.721. The monoisotopic (exact) mass is 436 g/mol. The molecule has 29 heavy (non-hydrogen) atoms. The molecule has 1 N–H and O–H groups in total. The number of benzene rings is 2. The number of nitrogens with one attached hydrogen (secondary N) is 1. The van der Waals surface area contributed by atoms with Crippen LogP contribution < -0.4 is 10.1 Å². The largest absolute Gasteiger partial charge is 0.482 e. The van der Waals surface area contributed by atoms with Crippen LogP contribution in [0.1, 0.15) is 31.4 Å². The molecule has 0 radical (unpaired) electrons. The van der Waals surface area contributed by atoms with Gasteiger partial charge in [0.1, 0.15) is 5.75 Å². The third-order valence-electron chi connectivity index (χ3n) is 5.02. The molecule has 156 valence electrons. The lowest BCUT2D eigenvalue weighted by Crippen LogP contribution is -2.36. The Hall–Kier alpha value is -2.09. The minimum Gasteiger partial charge on any atom is -0.482 e. The van der Waals surface area contributed by atoms with Crippen LogP contribution in [0.3, 0.4) is 0 Å². The van der Waals surface area contributed by atoms with Gasteiger partial charge in [0.25, 0.3) is 5.91 Å². The zero-order valence-electron chi connectivity index (χ0n) is 16.5. The van der Waals surface area contributed by atoms with Crippen molar-refractivity contribution in [2.75, 3.05) is 13.2 Å².